The molecule has 0 saturated carbocycles. The lowest BCUT2D eigenvalue weighted by Crippen LogP contribution is -2.37. The van der Waals surface area contributed by atoms with Gasteiger partial charge in [-0.05, 0) is 62.9 Å². The molecule has 6 heteroatoms. The molecule has 2 aromatic rings. The lowest BCUT2D eigenvalue weighted by Gasteiger charge is -2.15. The number of guanidine groups is 1. The highest BCUT2D eigenvalue weighted by atomic mass is 15.3. The maximum Gasteiger partial charge on any atom is 0.191 e. The van der Waals surface area contributed by atoms with Crippen molar-refractivity contribution in [1.82, 2.24) is 25.3 Å². The third-order valence-corrected chi connectivity index (χ3v) is 5.64. The number of aryl methyl sites for hydroxylation is 2. The molecule has 0 atom stereocenters. The van der Waals surface area contributed by atoms with Crippen molar-refractivity contribution < 1.29 is 0 Å². The molecule has 1 saturated heterocycles. The molecule has 0 radical (unpaired) electrons. The van der Waals surface area contributed by atoms with Crippen LogP contribution < -0.4 is 10.6 Å². The molecule has 1 aromatic carbocycles. The van der Waals surface area contributed by atoms with Crippen LogP contribution in [0.4, 0.5) is 0 Å². The molecular formula is C22H34N6. The van der Waals surface area contributed by atoms with Gasteiger partial charge in [-0.1, -0.05) is 24.3 Å². The number of likely N-dealkylation sites (tertiary alicyclic amines) is 1. The zero-order valence-corrected chi connectivity index (χ0v) is 17.8. The molecule has 0 amide bonds. The highest BCUT2D eigenvalue weighted by Gasteiger charge is 2.11. The van der Waals surface area contributed by atoms with E-state index in [2.05, 4.69) is 63.7 Å². The lowest BCUT2D eigenvalue weighted by molar-refractivity contribution is 0.331. The Morgan fingerprint density at radius 3 is 2.36 bits per heavy atom. The van der Waals surface area contributed by atoms with E-state index in [1.165, 1.54) is 48.3 Å². The van der Waals surface area contributed by atoms with Gasteiger partial charge in [0, 0.05) is 39.4 Å². The molecule has 6 nitrogen and oxygen atoms in total. The minimum atomic E-state index is 0.772. The molecule has 1 aromatic heterocycles. The average molecular weight is 383 g/mol. The predicted octanol–water partition coefficient (Wildman–Crippen LogP) is 2.54. The van der Waals surface area contributed by atoms with Crippen LogP contribution in [0.3, 0.4) is 0 Å². The average Bonchev–Trinajstić information content (AvgIpc) is 3.28. The summed E-state index contributed by atoms with van der Waals surface area (Å²) in [5.74, 6) is 0.834. The zero-order chi connectivity index (χ0) is 19.9. The Bertz CT molecular complexity index is 784. The van der Waals surface area contributed by atoms with E-state index in [9.17, 15) is 0 Å². The molecule has 1 aliphatic heterocycles. The van der Waals surface area contributed by atoms with E-state index in [1.807, 2.05) is 18.8 Å². The monoisotopic (exact) mass is 382 g/mol. The molecule has 1 aliphatic rings. The lowest BCUT2D eigenvalue weighted by atomic mass is 10.1. The van der Waals surface area contributed by atoms with Gasteiger partial charge in [0.1, 0.15) is 0 Å². The fraction of sp³-hybridized carbons (Fsp3) is 0.545. The smallest absolute Gasteiger partial charge is 0.191 e. The number of nitrogens with one attached hydrogen (secondary N) is 2. The second-order valence-electron chi connectivity index (χ2n) is 7.68. The van der Waals surface area contributed by atoms with Crippen molar-refractivity contribution in [3.63, 3.8) is 0 Å². The molecular weight excluding hydrogens is 348 g/mol. The van der Waals surface area contributed by atoms with Crippen molar-refractivity contribution in [2.75, 3.05) is 26.7 Å². The van der Waals surface area contributed by atoms with Crippen molar-refractivity contribution in [3.8, 4) is 0 Å². The maximum atomic E-state index is 4.48. The van der Waals surface area contributed by atoms with Gasteiger partial charge >= 0.3 is 0 Å². The normalized spacial score (nSPS) is 15.2. The van der Waals surface area contributed by atoms with Crippen molar-refractivity contribution >= 4 is 5.96 Å². The van der Waals surface area contributed by atoms with E-state index in [1.54, 1.807) is 0 Å². The second kappa shape index (κ2) is 9.73. The van der Waals surface area contributed by atoms with Crippen LogP contribution in [0.2, 0.25) is 0 Å². The van der Waals surface area contributed by atoms with Gasteiger partial charge in [0.15, 0.2) is 5.96 Å². The highest BCUT2D eigenvalue weighted by molar-refractivity contribution is 5.79. The summed E-state index contributed by atoms with van der Waals surface area (Å²) in [7, 11) is 3.81. The number of aliphatic imine (C=N–C) groups is 1. The minimum absolute atomic E-state index is 0.772. The van der Waals surface area contributed by atoms with Gasteiger partial charge in [-0.15, -0.1) is 0 Å². The van der Waals surface area contributed by atoms with Crippen LogP contribution in [0, 0.1) is 13.8 Å². The first-order chi connectivity index (χ1) is 13.6. The summed E-state index contributed by atoms with van der Waals surface area (Å²) in [5.41, 5.74) is 6.33. The standard InChI is InChI=1S/C22H34N6/c1-17-21(18(2)27(4)26-17)11-12-24-22(23-3)25-15-19-7-9-20(10-8-19)16-28-13-5-6-14-28/h7-10H,5-6,11-16H2,1-4H3,(H2,23,24,25). The van der Waals surface area contributed by atoms with Gasteiger partial charge in [0.05, 0.1) is 5.69 Å². The molecule has 1 fully saturated rings. The van der Waals surface area contributed by atoms with Crippen LogP contribution in [-0.4, -0.2) is 47.3 Å². The van der Waals surface area contributed by atoms with Gasteiger partial charge < -0.3 is 10.6 Å². The molecule has 2 heterocycles. The third-order valence-electron chi connectivity index (χ3n) is 5.64. The van der Waals surface area contributed by atoms with Crippen LogP contribution in [0.15, 0.2) is 29.3 Å². The number of hydrogen-bond acceptors (Lipinski definition) is 3. The van der Waals surface area contributed by atoms with E-state index in [0.717, 1.165) is 37.7 Å². The van der Waals surface area contributed by atoms with Gasteiger partial charge in [-0.3, -0.25) is 14.6 Å². The SMILES string of the molecule is CN=C(NCCc1c(C)nn(C)c1C)NCc1ccc(CN2CCCC2)cc1. The number of benzene rings is 1. The Balaban J connectivity index is 1.43. The Labute approximate surface area is 169 Å². The van der Waals surface area contributed by atoms with Crippen LogP contribution in [0.25, 0.3) is 0 Å². The molecule has 152 valence electrons. The largest absolute Gasteiger partial charge is 0.356 e. The van der Waals surface area contributed by atoms with E-state index in [0.29, 0.717) is 0 Å². The Morgan fingerprint density at radius 2 is 1.75 bits per heavy atom. The first-order valence-electron chi connectivity index (χ1n) is 10.3. The van der Waals surface area contributed by atoms with Crippen LogP contribution >= 0.6 is 0 Å². The fourth-order valence-corrected chi connectivity index (χ4v) is 3.85. The van der Waals surface area contributed by atoms with Crippen molar-refractivity contribution in [2.45, 2.75) is 46.2 Å². The number of rotatable bonds is 7. The Morgan fingerprint density at radius 1 is 1.07 bits per heavy atom. The molecule has 0 bridgehead atoms. The summed E-state index contributed by atoms with van der Waals surface area (Å²) in [6.07, 6.45) is 3.62. The summed E-state index contributed by atoms with van der Waals surface area (Å²) in [6.45, 7) is 9.35. The molecule has 28 heavy (non-hydrogen) atoms. The van der Waals surface area contributed by atoms with Crippen LogP contribution in [-0.2, 0) is 26.6 Å². The molecule has 0 spiro atoms. The van der Waals surface area contributed by atoms with Crippen molar-refractivity contribution in [2.24, 2.45) is 12.0 Å². The van der Waals surface area contributed by atoms with Crippen molar-refractivity contribution in [3.05, 3.63) is 52.3 Å². The molecule has 3 rings (SSSR count). The predicted molar refractivity (Wildman–Crippen MR) is 116 cm³/mol. The van der Waals surface area contributed by atoms with Crippen LogP contribution in [0.1, 0.15) is 40.9 Å². The maximum absolute atomic E-state index is 4.48. The van der Waals surface area contributed by atoms with Crippen LogP contribution in [0.5, 0.6) is 0 Å². The summed E-state index contributed by atoms with van der Waals surface area (Å²) >= 11 is 0. The summed E-state index contributed by atoms with van der Waals surface area (Å²) in [5, 5.41) is 11.3. The third kappa shape index (κ3) is 5.35. The van der Waals surface area contributed by atoms with E-state index >= 15 is 0 Å². The summed E-state index contributed by atoms with van der Waals surface area (Å²) < 4.78 is 1.95. The topological polar surface area (TPSA) is 57.5 Å². The number of hydrogen-bond donors (Lipinski definition) is 2. The second-order valence-corrected chi connectivity index (χ2v) is 7.68. The van der Waals surface area contributed by atoms with E-state index in [4.69, 9.17) is 0 Å². The molecule has 2 N–H and O–H groups in total. The molecule has 0 unspecified atom stereocenters. The highest BCUT2D eigenvalue weighted by Crippen LogP contribution is 2.13. The first-order valence-corrected chi connectivity index (χ1v) is 10.3. The van der Waals surface area contributed by atoms with E-state index < -0.39 is 0 Å². The first kappa shape index (κ1) is 20.4. The summed E-state index contributed by atoms with van der Waals surface area (Å²) in [6, 6.07) is 8.93. The van der Waals surface area contributed by atoms with Crippen molar-refractivity contribution in [1.29, 1.82) is 0 Å². The zero-order valence-electron chi connectivity index (χ0n) is 17.8. The number of aromatic nitrogens is 2. The summed E-state index contributed by atoms with van der Waals surface area (Å²) in [4.78, 5) is 6.87. The Kier molecular flexibility index (Phi) is 7.09. The number of nitrogens with zero attached hydrogens (tertiary/aromatic N) is 4. The quantitative estimate of drug-likeness (QED) is 0.571. The minimum Gasteiger partial charge on any atom is -0.356 e. The van der Waals surface area contributed by atoms with Gasteiger partial charge in [-0.2, -0.15) is 5.10 Å². The van der Waals surface area contributed by atoms with E-state index in [-0.39, 0.29) is 0 Å². The Hall–Kier alpha value is -2.34. The van der Waals surface area contributed by atoms with Gasteiger partial charge in [0.2, 0.25) is 0 Å². The molecule has 0 aliphatic carbocycles. The fourth-order valence-electron chi connectivity index (χ4n) is 3.85. The van der Waals surface area contributed by atoms with Gasteiger partial charge in [0.25, 0.3) is 0 Å². The van der Waals surface area contributed by atoms with Gasteiger partial charge in [-0.25, -0.2) is 0 Å².